The first-order chi connectivity index (χ1) is 8.68. The van der Waals surface area contributed by atoms with Crippen LogP contribution in [0.2, 0.25) is 0 Å². The molecule has 0 aliphatic carbocycles. The zero-order valence-corrected chi connectivity index (χ0v) is 12.1. The highest BCUT2D eigenvalue weighted by molar-refractivity contribution is 5.96. The van der Waals surface area contributed by atoms with Crippen LogP contribution in [0.3, 0.4) is 0 Å². The van der Waals surface area contributed by atoms with Crippen molar-refractivity contribution in [3.05, 3.63) is 17.5 Å². The second-order valence-electron chi connectivity index (χ2n) is 5.50. The number of amides is 1. The van der Waals surface area contributed by atoms with Crippen molar-refractivity contribution in [2.45, 2.75) is 39.7 Å². The fraction of sp³-hybridized carbons (Fsp3) is 0.615. The van der Waals surface area contributed by atoms with Gasteiger partial charge in [-0.1, -0.05) is 6.92 Å². The van der Waals surface area contributed by atoms with Crippen molar-refractivity contribution in [3.63, 3.8) is 0 Å². The molecule has 0 aromatic carbocycles. The minimum atomic E-state index is -1.03. The van der Waals surface area contributed by atoms with Gasteiger partial charge in [-0.15, -0.1) is 0 Å². The van der Waals surface area contributed by atoms with Crippen molar-refractivity contribution >= 4 is 11.9 Å². The Morgan fingerprint density at radius 1 is 1.42 bits per heavy atom. The third-order valence-corrected chi connectivity index (χ3v) is 2.79. The monoisotopic (exact) mass is 267 g/mol. The predicted octanol–water partition coefficient (Wildman–Crippen LogP) is 1.36. The maximum absolute atomic E-state index is 12.2. The van der Waals surface area contributed by atoms with Crippen LogP contribution < -0.4 is 0 Å². The van der Waals surface area contributed by atoms with Gasteiger partial charge in [-0.3, -0.25) is 14.3 Å². The first kappa shape index (κ1) is 15.2. The average molecular weight is 267 g/mol. The molecule has 0 aliphatic heterocycles. The molecule has 0 bridgehead atoms. The zero-order chi connectivity index (χ0) is 14.8. The van der Waals surface area contributed by atoms with Gasteiger partial charge in [-0.2, -0.15) is 5.10 Å². The van der Waals surface area contributed by atoms with E-state index in [4.69, 9.17) is 5.11 Å². The lowest BCUT2D eigenvalue weighted by atomic mass is 10.1. The van der Waals surface area contributed by atoms with E-state index in [1.807, 2.05) is 32.4 Å². The number of rotatable bonds is 4. The smallest absolute Gasteiger partial charge is 0.323 e. The lowest BCUT2D eigenvalue weighted by Crippen LogP contribution is -2.33. The third kappa shape index (κ3) is 3.33. The van der Waals surface area contributed by atoms with Crippen LogP contribution in [0.5, 0.6) is 0 Å². The topological polar surface area (TPSA) is 75.4 Å². The second-order valence-corrected chi connectivity index (χ2v) is 5.50. The number of hydrogen-bond donors (Lipinski definition) is 1. The predicted molar refractivity (Wildman–Crippen MR) is 71.2 cm³/mol. The molecule has 1 aromatic rings. The van der Waals surface area contributed by atoms with Crippen LogP contribution in [0.15, 0.2) is 6.20 Å². The molecule has 1 aromatic heterocycles. The van der Waals surface area contributed by atoms with Gasteiger partial charge >= 0.3 is 5.97 Å². The van der Waals surface area contributed by atoms with Crippen molar-refractivity contribution < 1.29 is 14.7 Å². The molecule has 0 spiro atoms. The number of aromatic nitrogens is 2. The van der Waals surface area contributed by atoms with Gasteiger partial charge in [0.15, 0.2) is 0 Å². The van der Waals surface area contributed by atoms with Crippen LogP contribution in [0.1, 0.15) is 43.7 Å². The quantitative estimate of drug-likeness (QED) is 0.893. The summed E-state index contributed by atoms with van der Waals surface area (Å²) >= 11 is 0. The Morgan fingerprint density at radius 3 is 2.42 bits per heavy atom. The highest BCUT2D eigenvalue weighted by Crippen LogP contribution is 2.20. The normalized spacial score (nSPS) is 11.4. The summed E-state index contributed by atoms with van der Waals surface area (Å²) in [4.78, 5) is 24.0. The molecule has 0 aliphatic rings. The zero-order valence-electron chi connectivity index (χ0n) is 12.1. The van der Waals surface area contributed by atoms with E-state index in [1.165, 1.54) is 18.1 Å². The minimum absolute atomic E-state index is 0.213. The summed E-state index contributed by atoms with van der Waals surface area (Å²) in [5.74, 6) is -1.34. The van der Waals surface area contributed by atoms with Crippen LogP contribution in [0.25, 0.3) is 0 Å². The van der Waals surface area contributed by atoms with Crippen molar-refractivity contribution in [1.82, 2.24) is 14.7 Å². The van der Waals surface area contributed by atoms with Gasteiger partial charge in [0.2, 0.25) is 0 Å². The van der Waals surface area contributed by atoms with Gasteiger partial charge in [0.1, 0.15) is 6.54 Å². The molecule has 0 saturated carbocycles. The highest BCUT2D eigenvalue weighted by Gasteiger charge is 2.25. The first-order valence-electron chi connectivity index (χ1n) is 6.23. The number of aliphatic carboxylic acids is 1. The molecule has 0 radical (unpaired) electrons. The summed E-state index contributed by atoms with van der Waals surface area (Å²) in [7, 11) is 1.48. The molecule has 1 N–H and O–H groups in total. The van der Waals surface area contributed by atoms with Crippen LogP contribution in [-0.2, 0) is 16.8 Å². The second kappa shape index (κ2) is 5.42. The van der Waals surface area contributed by atoms with Crippen molar-refractivity contribution in [2.75, 3.05) is 13.6 Å². The van der Waals surface area contributed by atoms with Crippen LogP contribution in [-0.4, -0.2) is 45.3 Å². The van der Waals surface area contributed by atoms with Gasteiger partial charge in [-0.05, 0) is 27.2 Å². The van der Waals surface area contributed by atoms with E-state index in [0.717, 1.165) is 5.69 Å². The van der Waals surface area contributed by atoms with Crippen molar-refractivity contribution in [1.29, 1.82) is 0 Å². The lowest BCUT2D eigenvalue weighted by Gasteiger charge is -2.23. The number of carboxylic acid groups (broad SMARTS) is 1. The maximum Gasteiger partial charge on any atom is 0.323 e. The molecule has 1 amide bonds. The standard InChI is InChI=1S/C13H21N3O3/c1-6-10-9(7-14-16(10)13(2,3)4)12(19)15(5)8-11(17)18/h7H,6,8H2,1-5H3,(H,17,18). The van der Waals surface area contributed by atoms with Crippen LogP contribution in [0.4, 0.5) is 0 Å². The van der Waals surface area contributed by atoms with Crippen molar-refractivity contribution in [3.8, 4) is 0 Å². The Kier molecular flexibility index (Phi) is 4.34. The van der Waals surface area contributed by atoms with E-state index in [0.29, 0.717) is 12.0 Å². The Morgan fingerprint density at radius 2 is 2.00 bits per heavy atom. The number of nitrogens with zero attached hydrogens (tertiary/aromatic N) is 3. The Labute approximate surface area is 113 Å². The fourth-order valence-electron chi connectivity index (χ4n) is 1.95. The summed E-state index contributed by atoms with van der Waals surface area (Å²) in [6, 6.07) is 0. The minimum Gasteiger partial charge on any atom is -0.480 e. The number of hydrogen-bond acceptors (Lipinski definition) is 3. The number of carboxylic acids is 1. The number of likely N-dealkylation sites (N-methyl/N-ethyl adjacent to an activating group) is 1. The SMILES string of the molecule is CCc1c(C(=O)N(C)CC(=O)O)cnn1C(C)(C)C. The molecule has 0 atom stereocenters. The highest BCUT2D eigenvalue weighted by atomic mass is 16.4. The van der Waals surface area contributed by atoms with Gasteiger partial charge < -0.3 is 10.0 Å². The van der Waals surface area contributed by atoms with Crippen LogP contribution >= 0.6 is 0 Å². The Balaban J connectivity index is 3.11. The van der Waals surface area contributed by atoms with Gasteiger partial charge in [-0.25, -0.2) is 0 Å². The summed E-state index contributed by atoms with van der Waals surface area (Å²) in [6.45, 7) is 7.66. The van der Waals surface area contributed by atoms with E-state index in [-0.39, 0.29) is 18.0 Å². The molecule has 1 heterocycles. The molecule has 106 valence electrons. The molecule has 0 unspecified atom stereocenters. The Hall–Kier alpha value is -1.85. The largest absolute Gasteiger partial charge is 0.480 e. The number of carbonyl (C=O) groups excluding carboxylic acids is 1. The molecular weight excluding hydrogens is 246 g/mol. The van der Waals surface area contributed by atoms with E-state index >= 15 is 0 Å². The molecule has 1 rings (SSSR count). The van der Waals surface area contributed by atoms with Gasteiger partial charge in [0.25, 0.3) is 5.91 Å². The molecule has 0 saturated heterocycles. The van der Waals surface area contributed by atoms with Gasteiger partial charge in [0, 0.05) is 7.05 Å². The van der Waals surface area contributed by atoms with Crippen LogP contribution in [0, 0.1) is 0 Å². The van der Waals surface area contributed by atoms with Crippen molar-refractivity contribution in [2.24, 2.45) is 0 Å². The first-order valence-corrected chi connectivity index (χ1v) is 6.23. The maximum atomic E-state index is 12.2. The molecular formula is C13H21N3O3. The summed E-state index contributed by atoms with van der Waals surface area (Å²) in [5, 5.41) is 13.0. The third-order valence-electron chi connectivity index (χ3n) is 2.79. The van der Waals surface area contributed by atoms with E-state index in [2.05, 4.69) is 5.10 Å². The molecule has 0 fully saturated rings. The molecule has 6 nitrogen and oxygen atoms in total. The molecule has 6 heteroatoms. The van der Waals surface area contributed by atoms with Gasteiger partial charge in [0.05, 0.1) is 23.0 Å². The summed E-state index contributed by atoms with van der Waals surface area (Å²) < 4.78 is 1.81. The average Bonchev–Trinajstić information content (AvgIpc) is 2.69. The number of carbonyl (C=O) groups is 2. The lowest BCUT2D eigenvalue weighted by molar-refractivity contribution is -0.137. The fourth-order valence-corrected chi connectivity index (χ4v) is 1.95. The summed E-state index contributed by atoms with van der Waals surface area (Å²) in [6.07, 6.45) is 2.18. The summed E-state index contributed by atoms with van der Waals surface area (Å²) in [5.41, 5.74) is 1.09. The van der Waals surface area contributed by atoms with E-state index in [9.17, 15) is 9.59 Å². The van der Waals surface area contributed by atoms with E-state index < -0.39 is 5.97 Å². The molecule has 19 heavy (non-hydrogen) atoms. The Bertz CT molecular complexity index is 486. The van der Waals surface area contributed by atoms with E-state index in [1.54, 1.807) is 0 Å².